The van der Waals surface area contributed by atoms with E-state index in [1.807, 2.05) is 14.1 Å². The summed E-state index contributed by atoms with van der Waals surface area (Å²) < 4.78 is 0. The third kappa shape index (κ3) is 5.31. The molecule has 0 saturated carbocycles. The van der Waals surface area contributed by atoms with Gasteiger partial charge in [-0.2, -0.15) is 6.04 Å². The third-order valence-electron chi connectivity index (χ3n) is 2.00. The van der Waals surface area contributed by atoms with Gasteiger partial charge < -0.3 is 65.1 Å². The quantitative estimate of drug-likeness (QED) is 0.579. The Morgan fingerprint density at radius 2 is 1.50 bits per heavy atom. The van der Waals surface area contributed by atoms with E-state index in [1.165, 1.54) is 0 Å². The molecule has 0 aliphatic rings. The van der Waals surface area contributed by atoms with E-state index in [4.69, 9.17) is 0 Å². The second kappa shape index (κ2) is 8.35. The summed E-state index contributed by atoms with van der Waals surface area (Å²) in [5, 5.41) is 0. The molecule has 0 aromatic heterocycles. The SMILES string of the molecule is C[C@@H]([c-]1[c-][c-][c-][c-]1)N(C)C.[Fe].[c-]1[c-][c-][cH-][c-]1. The van der Waals surface area contributed by atoms with E-state index in [1.54, 1.807) is 6.07 Å². The summed E-state index contributed by atoms with van der Waals surface area (Å²) in [5.74, 6) is 0. The van der Waals surface area contributed by atoms with Crippen LogP contribution in [-0.2, 0) is 17.1 Å². The molecule has 1 atom stereocenters. The number of nitrogens with zero attached hydrogens (tertiary/aromatic N) is 1. The van der Waals surface area contributed by atoms with Gasteiger partial charge in [0.15, 0.2) is 0 Å². The normalized spacial score (nSPS) is 11.2. The molecule has 2 aromatic rings. The van der Waals surface area contributed by atoms with Crippen LogP contribution < -0.4 is 0 Å². The molecule has 0 spiro atoms. The summed E-state index contributed by atoms with van der Waals surface area (Å²) in [7, 11) is 4.05. The van der Waals surface area contributed by atoms with Crippen LogP contribution in [0.4, 0.5) is 0 Å². The molecule has 0 amide bonds. The van der Waals surface area contributed by atoms with Gasteiger partial charge in [-0.25, -0.2) is 0 Å². The van der Waals surface area contributed by atoms with Crippen molar-refractivity contribution < 1.29 is 17.1 Å². The van der Waals surface area contributed by atoms with Gasteiger partial charge in [0.2, 0.25) is 0 Å². The minimum atomic E-state index is 0. The minimum absolute atomic E-state index is 0. The Morgan fingerprint density at radius 3 is 1.81 bits per heavy atom. The van der Waals surface area contributed by atoms with E-state index >= 15 is 0 Å². The fraction of sp³-hybridized carbons (Fsp3) is 0.286. The first-order valence-electron chi connectivity index (χ1n) is 4.60. The van der Waals surface area contributed by atoms with Gasteiger partial charge in [0.1, 0.15) is 0 Å². The van der Waals surface area contributed by atoms with Crippen LogP contribution in [0, 0.1) is 48.5 Å². The molecule has 90 valence electrons. The predicted octanol–water partition coefficient (Wildman–Crippen LogP) is 1.83. The molecule has 2 aromatic carbocycles. The molecule has 0 bridgehead atoms. The van der Waals surface area contributed by atoms with Crippen molar-refractivity contribution in [3.8, 4) is 0 Å². The van der Waals surface area contributed by atoms with E-state index < -0.39 is 0 Å². The maximum absolute atomic E-state index is 2.94. The van der Waals surface area contributed by atoms with Crippen LogP contribution >= 0.6 is 0 Å². The van der Waals surface area contributed by atoms with Gasteiger partial charge in [0.05, 0.1) is 0 Å². The molecule has 2 heteroatoms. The van der Waals surface area contributed by atoms with Crippen LogP contribution in [0.25, 0.3) is 0 Å². The molecule has 0 N–H and O–H groups in total. The van der Waals surface area contributed by atoms with Crippen LogP contribution in [0.3, 0.4) is 0 Å². The molecule has 16 heavy (non-hydrogen) atoms. The van der Waals surface area contributed by atoms with Crippen LogP contribution in [-0.4, -0.2) is 19.0 Å². The van der Waals surface area contributed by atoms with Crippen molar-refractivity contribution in [2.24, 2.45) is 0 Å². The van der Waals surface area contributed by atoms with Crippen molar-refractivity contribution in [1.29, 1.82) is 0 Å². The van der Waals surface area contributed by atoms with Crippen molar-refractivity contribution >= 4 is 0 Å². The molecule has 0 heterocycles. The first kappa shape index (κ1) is 15.2. The zero-order valence-electron chi connectivity index (χ0n) is 9.46. The van der Waals surface area contributed by atoms with E-state index in [-0.39, 0.29) is 17.1 Å². The first-order valence-corrected chi connectivity index (χ1v) is 4.60. The Bertz CT molecular complexity index is 304. The Kier molecular flexibility index (Phi) is 7.92. The average molecular weight is 249 g/mol. The average Bonchev–Trinajstić information content (AvgIpc) is 2.92. The summed E-state index contributed by atoms with van der Waals surface area (Å²) in [6.07, 6.45) is 0. The summed E-state index contributed by atoms with van der Waals surface area (Å²) >= 11 is 0. The van der Waals surface area contributed by atoms with Gasteiger partial charge in [0.25, 0.3) is 0 Å². The number of rotatable bonds is 2. The topological polar surface area (TPSA) is 3.24 Å². The molecule has 2 rings (SSSR count). The number of hydrogen-bond acceptors (Lipinski definition) is 1. The van der Waals surface area contributed by atoms with E-state index in [0.717, 1.165) is 5.56 Å². The van der Waals surface area contributed by atoms with Gasteiger partial charge in [-0.05, 0) is 14.1 Å². The molecule has 0 radical (unpaired) electrons. The largest absolute Gasteiger partial charge is 0.999 e. The van der Waals surface area contributed by atoms with Crippen LogP contribution in [0.1, 0.15) is 18.5 Å². The van der Waals surface area contributed by atoms with Gasteiger partial charge in [-0.15, -0.1) is 0 Å². The zero-order valence-corrected chi connectivity index (χ0v) is 10.6. The molecule has 0 fully saturated rings. The minimum Gasteiger partial charge on any atom is -0.999 e. The Morgan fingerprint density at radius 1 is 1.00 bits per heavy atom. The molecule has 1 nitrogen and oxygen atoms in total. The Balaban J connectivity index is 0.000000318. The van der Waals surface area contributed by atoms with Crippen LogP contribution in [0.15, 0.2) is 6.07 Å². The van der Waals surface area contributed by atoms with Crippen molar-refractivity contribution in [3.63, 3.8) is 0 Å². The monoisotopic (exact) mass is 249 g/mol. The fourth-order valence-corrected chi connectivity index (χ4v) is 0.876. The standard InChI is InChI=1S/C9H10N.C5H.Fe/c1-8(10(2)3)9-6-4-5-7-9;1-2-4-5-3-1;/h8H,1-3H3;1H;/q2*-5;/t8-;;/m0../s1. The fourth-order valence-electron chi connectivity index (χ4n) is 0.876. The van der Waals surface area contributed by atoms with Gasteiger partial charge in [-0.3, -0.25) is 0 Å². The maximum Gasteiger partial charge on any atom is 0 e. The van der Waals surface area contributed by atoms with E-state index in [2.05, 4.69) is 60.4 Å². The smallest absolute Gasteiger partial charge is 0 e. The summed E-state index contributed by atoms with van der Waals surface area (Å²) in [4.78, 5) is 2.10. The third-order valence-corrected chi connectivity index (χ3v) is 2.00. The molecule has 0 unspecified atom stereocenters. The van der Waals surface area contributed by atoms with Crippen molar-refractivity contribution in [3.05, 3.63) is 60.2 Å². The number of hydrogen-bond donors (Lipinski definition) is 0. The van der Waals surface area contributed by atoms with Gasteiger partial charge in [-0.1, -0.05) is 6.92 Å². The molecular formula is C14H11FeN-10. The van der Waals surface area contributed by atoms with Crippen LogP contribution in [0.2, 0.25) is 0 Å². The summed E-state index contributed by atoms with van der Waals surface area (Å²) in [6.45, 7) is 2.10. The molecule has 0 saturated heterocycles. The Hall–Kier alpha value is -0.821. The summed E-state index contributed by atoms with van der Waals surface area (Å²) in [6, 6.07) is 23.7. The second-order valence-electron chi connectivity index (χ2n) is 3.24. The van der Waals surface area contributed by atoms with E-state index in [9.17, 15) is 0 Å². The van der Waals surface area contributed by atoms with Crippen LogP contribution in [0.5, 0.6) is 0 Å². The molecular weight excluding hydrogens is 238 g/mol. The first-order chi connectivity index (χ1) is 7.22. The van der Waals surface area contributed by atoms with Gasteiger partial charge in [0, 0.05) is 17.1 Å². The Labute approximate surface area is 109 Å². The molecule has 0 aliphatic heterocycles. The van der Waals surface area contributed by atoms with Crippen molar-refractivity contribution in [1.82, 2.24) is 4.90 Å². The van der Waals surface area contributed by atoms with E-state index in [0.29, 0.717) is 6.04 Å². The zero-order chi connectivity index (χ0) is 11.1. The van der Waals surface area contributed by atoms with Crippen molar-refractivity contribution in [2.45, 2.75) is 13.0 Å². The predicted molar refractivity (Wildman–Crippen MR) is 56.9 cm³/mol. The molecule has 0 aliphatic carbocycles. The van der Waals surface area contributed by atoms with Gasteiger partial charge >= 0.3 is 0 Å². The maximum atomic E-state index is 2.94. The summed E-state index contributed by atoms with van der Waals surface area (Å²) in [5.41, 5.74) is 1.03. The van der Waals surface area contributed by atoms with Crippen molar-refractivity contribution in [2.75, 3.05) is 14.1 Å². The second-order valence-corrected chi connectivity index (χ2v) is 3.24.